The number of carbonyl (C=O) groups excluding carboxylic acids is 1. The fourth-order valence-corrected chi connectivity index (χ4v) is 2.77. The van der Waals surface area contributed by atoms with Crippen LogP contribution in [0.4, 0.5) is 0 Å². The van der Waals surface area contributed by atoms with Gasteiger partial charge in [-0.1, -0.05) is 22.0 Å². The fraction of sp³-hybridized carbons (Fsp3) is 0.235. The monoisotopic (exact) mass is 362 g/mol. The van der Waals surface area contributed by atoms with Crippen molar-refractivity contribution in [1.82, 2.24) is 0 Å². The molecule has 1 heterocycles. The first-order chi connectivity index (χ1) is 10.6. The van der Waals surface area contributed by atoms with E-state index >= 15 is 0 Å². The van der Waals surface area contributed by atoms with Crippen molar-refractivity contribution >= 4 is 21.7 Å². The molecule has 0 fully saturated rings. The number of ketones is 1. The van der Waals surface area contributed by atoms with Crippen LogP contribution in [0.2, 0.25) is 0 Å². The first kappa shape index (κ1) is 14.9. The van der Waals surface area contributed by atoms with Crippen LogP contribution in [-0.2, 0) is 0 Å². The molecule has 0 spiro atoms. The van der Waals surface area contributed by atoms with Crippen molar-refractivity contribution in [3.63, 3.8) is 0 Å². The maximum Gasteiger partial charge on any atom is 0.248 e. The molecular formula is C17H15BrO4. The van der Waals surface area contributed by atoms with E-state index in [2.05, 4.69) is 15.9 Å². The number of rotatable bonds is 4. The zero-order chi connectivity index (χ0) is 15.7. The molecule has 0 amide bonds. The van der Waals surface area contributed by atoms with Gasteiger partial charge in [0.2, 0.25) is 6.29 Å². The number of methoxy groups -OCH3 is 1. The predicted octanol–water partition coefficient (Wildman–Crippen LogP) is 4.14. The maximum atomic E-state index is 12.5. The summed E-state index contributed by atoms with van der Waals surface area (Å²) < 4.78 is 17.2. The van der Waals surface area contributed by atoms with E-state index in [1.807, 2.05) is 25.1 Å². The number of halogens is 1. The summed E-state index contributed by atoms with van der Waals surface area (Å²) in [5, 5.41) is 0. The Kier molecular flexibility index (Phi) is 4.07. The van der Waals surface area contributed by atoms with Crippen LogP contribution in [0.1, 0.15) is 22.3 Å². The number of ether oxygens (including phenoxy) is 3. The van der Waals surface area contributed by atoms with Gasteiger partial charge in [0.15, 0.2) is 17.3 Å². The highest BCUT2D eigenvalue weighted by atomic mass is 79.9. The highest BCUT2D eigenvalue weighted by Gasteiger charge is 2.27. The van der Waals surface area contributed by atoms with Gasteiger partial charge in [0.05, 0.1) is 13.5 Å². The molecule has 3 rings (SSSR count). The average Bonchev–Trinajstić information content (AvgIpc) is 2.88. The molecule has 2 aromatic rings. The number of aryl methyl sites for hydroxylation is 1. The Hall–Kier alpha value is -2.01. The molecule has 2 aromatic carbocycles. The van der Waals surface area contributed by atoms with E-state index < -0.39 is 6.29 Å². The zero-order valence-corrected chi connectivity index (χ0v) is 13.8. The molecule has 0 N–H and O–H groups in total. The van der Waals surface area contributed by atoms with Crippen LogP contribution in [-0.4, -0.2) is 19.2 Å². The normalized spacial score (nSPS) is 15.7. The summed E-state index contributed by atoms with van der Waals surface area (Å²) >= 11 is 3.39. The van der Waals surface area contributed by atoms with Gasteiger partial charge in [-0.15, -0.1) is 0 Å². The second-order valence-corrected chi connectivity index (χ2v) is 5.94. The van der Waals surface area contributed by atoms with E-state index in [4.69, 9.17) is 14.2 Å². The third kappa shape index (κ3) is 2.95. The maximum absolute atomic E-state index is 12.5. The van der Waals surface area contributed by atoms with Crippen LogP contribution in [0, 0.1) is 6.92 Å². The lowest BCUT2D eigenvalue weighted by Crippen LogP contribution is -2.22. The molecular weight excluding hydrogens is 348 g/mol. The second kappa shape index (κ2) is 6.01. The lowest BCUT2D eigenvalue weighted by atomic mass is 10.1. The smallest absolute Gasteiger partial charge is 0.248 e. The molecule has 0 radical (unpaired) electrons. The second-order valence-electron chi connectivity index (χ2n) is 5.09. The first-order valence-electron chi connectivity index (χ1n) is 6.87. The van der Waals surface area contributed by atoms with Crippen molar-refractivity contribution in [1.29, 1.82) is 0 Å². The molecule has 0 aromatic heterocycles. The van der Waals surface area contributed by atoms with Crippen molar-refractivity contribution < 1.29 is 19.0 Å². The third-order valence-electron chi connectivity index (χ3n) is 3.44. The van der Waals surface area contributed by atoms with E-state index in [0.29, 0.717) is 22.8 Å². The molecule has 1 unspecified atom stereocenters. The predicted molar refractivity (Wildman–Crippen MR) is 85.9 cm³/mol. The van der Waals surface area contributed by atoms with Crippen LogP contribution in [0.25, 0.3) is 0 Å². The van der Waals surface area contributed by atoms with Gasteiger partial charge >= 0.3 is 0 Å². The molecule has 4 nitrogen and oxygen atoms in total. The number of carbonyl (C=O) groups is 1. The molecule has 22 heavy (non-hydrogen) atoms. The number of benzene rings is 2. The zero-order valence-electron chi connectivity index (χ0n) is 12.3. The topological polar surface area (TPSA) is 44.8 Å². The SMILES string of the molecule is COc1ccc(Br)c(C(=O)CC2Oc3ccc(C)cc3O2)c1. The average molecular weight is 363 g/mol. The van der Waals surface area contributed by atoms with E-state index in [1.165, 1.54) is 0 Å². The first-order valence-corrected chi connectivity index (χ1v) is 7.67. The molecule has 114 valence electrons. The molecule has 5 heteroatoms. The minimum absolute atomic E-state index is 0.0692. The summed E-state index contributed by atoms with van der Waals surface area (Å²) in [5.74, 6) is 1.93. The van der Waals surface area contributed by atoms with Gasteiger partial charge in [0.25, 0.3) is 0 Å². The lowest BCUT2D eigenvalue weighted by molar-refractivity contribution is 0.0391. The fourth-order valence-electron chi connectivity index (χ4n) is 2.30. The van der Waals surface area contributed by atoms with Gasteiger partial charge in [0.1, 0.15) is 5.75 Å². The van der Waals surface area contributed by atoms with Gasteiger partial charge in [-0.05, 0) is 42.8 Å². The summed E-state index contributed by atoms with van der Waals surface area (Å²) in [6, 6.07) is 11.0. The van der Waals surface area contributed by atoms with Crippen molar-refractivity contribution in [2.75, 3.05) is 7.11 Å². The Labute approximate surface area is 137 Å². The Bertz CT molecular complexity index is 727. The molecule has 0 bridgehead atoms. The Morgan fingerprint density at radius 1 is 1.18 bits per heavy atom. The summed E-state index contributed by atoms with van der Waals surface area (Å²) in [4.78, 5) is 12.5. The number of fused-ring (bicyclic) bond motifs is 1. The van der Waals surface area contributed by atoms with E-state index in [1.54, 1.807) is 25.3 Å². The van der Waals surface area contributed by atoms with Crippen LogP contribution in [0.15, 0.2) is 40.9 Å². The van der Waals surface area contributed by atoms with Crippen LogP contribution in [0.5, 0.6) is 17.2 Å². The van der Waals surface area contributed by atoms with Gasteiger partial charge in [-0.25, -0.2) is 0 Å². The van der Waals surface area contributed by atoms with E-state index in [0.717, 1.165) is 10.0 Å². The van der Waals surface area contributed by atoms with Crippen molar-refractivity contribution in [2.24, 2.45) is 0 Å². The van der Waals surface area contributed by atoms with Crippen LogP contribution in [0.3, 0.4) is 0 Å². The minimum Gasteiger partial charge on any atom is -0.497 e. The van der Waals surface area contributed by atoms with Crippen molar-refractivity contribution in [3.8, 4) is 17.2 Å². The van der Waals surface area contributed by atoms with Crippen LogP contribution < -0.4 is 14.2 Å². The van der Waals surface area contributed by atoms with Gasteiger partial charge < -0.3 is 14.2 Å². The highest BCUT2D eigenvalue weighted by molar-refractivity contribution is 9.10. The Balaban J connectivity index is 1.74. The Morgan fingerprint density at radius 3 is 2.73 bits per heavy atom. The van der Waals surface area contributed by atoms with Gasteiger partial charge in [-0.2, -0.15) is 0 Å². The molecule has 0 aliphatic carbocycles. The van der Waals surface area contributed by atoms with Crippen LogP contribution >= 0.6 is 15.9 Å². The lowest BCUT2D eigenvalue weighted by Gasteiger charge is -2.11. The summed E-state index contributed by atoms with van der Waals surface area (Å²) in [7, 11) is 1.57. The standard InChI is InChI=1S/C17H15BrO4/c1-10-3-6-15-16(7-10)22-17(21-15)9-14(19)12-8-11(20-2)4-5-13(12)18/h3-8,17H,9H2,1-2H3. The van der Waals surface area contributed by atoms with Crippen molar-refractivity contribution in [2.45, 2.75) is 19.6 Å². The summed E-state index contributed by atoms with van der Waals surface area (Å²) in [6.45, 7) is 1.98. The highest BCUT2D eigenvalue weighted by Crippen LogP contribution is 2.36. The molecule has 1 aliphatic heterocycles. The largest absolute Gasteiger partial charge is 0.497 e. The molecule has 1 aliphatic rings. The van der Waals surface area contributed by atoms with Crippen molar-refractivity contribution in [3.05, 3.63) is 52.0 Å². The summed E-state index contributed by atoms with van der Waals surface area (Å²) in [5.41, 5.74) is 1.64. The van der Waals surface area contributed by atoms with Gasteiger partial charge in [0, 0.05) is 10.0 Å². The van der Waals surface area contributed by atoms with Gasteiger partial charge in [-0.3, -0.25) is 4.79 Å². The van der Waals surface area contributed by atoms with E-state index in [-0.39, 0.29) is 12.2 Å². The Morgan fingerprint density at radius 2 is 1.95 bits per heavy atom. The third-order valence-corrected chi connectivity index (χ3v) is 4.13. The number of hydrogen-bond donors (Lipinski definition) is 0. The minimum atomic E-state index is -0.595. The van der Waals surface area contributed by atoms with E-state index in [9.17, 15) is 4.79 Å². The number of hydrogen-bond acceptors (Lipinski definition) is 4. The molecule has 0 saturated heterocycles. The number of Topliss-reactive ketones (excluding diaryl/α,β-unsaturated/α-hetero) is 1. The quantitative estimate of drug-likeness (QED) is 0.766. The molecule has 0 saturated carbocycles. The molecule has 1 atom stereocenters. The summed E-state index contributed by atoms with van der Waals surface area (Å²) in [6.07, 6.45) is -0.457.